The highest BCUT2D eigenvalue weighted by Gasteiger charge is 2.25. The second-order valence-electron chi connectivity index (χ2n) is 5.11. The molecule has 18 heavy (non-hydrogen) atoms. The van der Waals surface area contributed by atoms with Crippen LogP contribution in [0.2, 0.25) is 0 Å². The van der Waals surface area contributed by atoms with Gasteiger partial charge >= 0.3 is 0 Å². The van der Waals surface area contributed by atoms with Crippen molar-refractivity contribution in [3.05, 3.63) is 27.7 Å². The number of halogens is 1. The quantitative estimate of drug-likeness (QED) is 0.876. The molecule has 1 aromatic carbocycles. The van der Waals surface area contributed by atoms with E-state index in [0.29, 0.717) is 13.0 Å². The van der Waals surface area contributed by atoms with Gasteiger partial charge in [0.25, 0.3) is 0 Å². The molecule has 1 heterocycles. The average Bonchev–Trinajstić information content (AvgIpc) is 2.74. The maximum absolute atomic E-state index is 10.4. The zero-order chi connectivity index (χ0) is 13.2. The van der Waals surface area contributed by atoms with Crippen LogP contribution in [0.15, 0.2) is 16.6 Å². The molecule has 0 amide bonds. The summed E-state index contributed by atoms with van der Waals surface area (Å²) in [4.78, 5) is 0. The molecular formula is C14H20BrNO2. The van der Waals surface area contributed by atoms with Gasteiger partial charge in [-0.1, -0.05) is 22.9 Å². The molecule has 1 aliphatic heterocycles. The van der Waals surface area contributed by atoms with Gasteiger partial charge in [-0.05, 0) is 36.7 Å². The van der Waals surface area contributed by atoms with Gasteiger partial charge in [0.1, 0.15) is 5.75 Å². The number of likely N-dealkylation sites (N-methyl/N-ethyl adjacent to an activating group) is 1. The Labute approximate surface area is 117 Å². The minimum Gasteiger partial charge on any atom is -0.493 e. The van der Waals surface area contributed by atoms with E-state index in [1.54, 1.807) is 0 Å². The van der Waals surface area contributed by atoms with Crippen molar-refractivity contribution in [2.45, 2.75) is 32.3 Å². The summed E-state index contributed by atoms with van der Waals surface area (Å²) >= 11 is 3.52. The van der Waals surface area contributed by atoms with E-state index in [4.69, 9.17) is 4.74 Å². The van der Waals surface area contributed by atoms with Crippen molar-refractivity contribution in [2.24, 2.45) is 0 Å². The predicted octanol–water partition coefficient (Wildman–Crippen LogP) is 2.29. The first kappa shape index (κ1) is 13.8. The van der Waals surface area contributed by atoms with Gasteiger partial charge in [0.2, 0.25) is 0 Å². The lowest BCUT2D eigenvalue weighted by Crippen LogP contribution is -2.39. The third kappa shape index (κ3) is 3.25. The number of fused-ring (bicyclic) bond motifs is 1. The molecule has 4 heteroatoms. The van der Waals surface area contributed by atoms with E-state index in [-0.39, 0.29) is 0 Å². The fourth-order valence-electron chi connectivity index (χ4n) is 2.34. The van der Waals surface area contributed by atoms with Crippen molar-refractivity contribution in [1.29, 1.82) is 0 Å². The van der Waals surface area contributed by atoms with Crippen LogP contribution in [-0.2, 0) is 12.8 Å². The lowest BCUT2D eigenvalue weighted by Gasteiger charge is -2.24. The molecule has 3 nitrogen and oxygen atoms in total. The molecule has 1 atom stereocenters. The van der Waals surface area contributed by atoms with Crippen molar-refractivity contribution >= 4 is 15.9 Å². The minimum atomic E-state index is -0.753. The summed E-state index contributed by atoms with van der Waals surface area (Å²) in [5.41, 5.74) is 1.56. The first-order valence-corrected chi connectivity index (χ1v) is 7.18. The van der Waals surface area contributed by atoms with E-state index in [9.17, 15) is 5.11 Å². The molecule has 2 N–H and O–H groups in total. The smallest absolute Gasteiger partial charge is 0.125 e. The fraction of sp³-hybridized carbons (Fsp3) is 0.571. The topological polar surface area (TPSA) is 41.5 Å². The van der Waals surface area contributed by atoms with E-state index in [0.717, 1.165) is 35.4 Å². The molecule has 0 radical (unpaired) electrons. The molecule has 0 aromatic heterocycles. The molecule has 0 fully saturated rings. The Kier molecular flexibility index (Phi) is 4.30. The fourth-order valence-corrected chi connectivity index (χ4v) is 2.90. The maximum Gasteiger partial charge on any atom is 0.125 e. The number of hydrogen-bond donors (Lipinski definition) is 2. The lowest BCUT2D eigenvalue weighted by atomic mass is 9.94. The SMILES string of the molecule is CCNCC(C)(O)Cc1cc(Br)cc2c1OCC2. The minimum absolute atomic E-state index is 0.588. The molecule has 0 bridgehead atoms. The third-order valence-corrected chi connectivity index (χ3v) is 3.61. The number of aliphatic hydroxyl groups is 1. The van der Waals surface area contributed by atoms with Crippen molar-refractivity contribution in [3.63, 3.8) is 0 Å². The van der Waals surface area contributed by atoms with Crippen molar-refractivity contribution < 1.29 is 9.84 Å². The Morgan fingerprint density at radius 2 is 2.28 bits per heavy atom. The summed E-state index contributed by atoms with van der Waals surface area (Å²) in [6, 6.07) is 4.15. The highest BCUT2D eigenvalue weighted by molar-refractivity contribution is 9.10. The second-order valence-corrected chi connectivity index (χ2v) is 6.02. The van der Waals surface area contributed by atoms with Gasteiger partial charge in [-0.25, -0.2) is 0 Å². The zero-order valence-corrected chi connectivity index (χ0v) is 12.5. The summed E-state index contributed by atoms with van der Waals surface area (Å²) in [5, 5.41) is 13.6. The standard InChI is InChI=1S/C14H20BrNO2/c1-3-16-9-14(2,17)8-11-7-12(15)6-10-4-5-18-13(10)11/h6-7,16-17H,3-5,8-9H2,1-2H3. The summed E-state index contributed by atoms with van der Waals surface area (Å²) in [7, 11) is 0. The van der Waals surface area contributed by atoms with E-state index >= 15 is 0 Å². The lowest BCUT2D eigenvalue weighted by molar-refractivity contribution is 0.0601. The molecular weight excluding hydrogens is 294 g/mol. The van der Waals surface area contributed by atoms with Gasteiger partial charge in [-0.3, -0.25) is 0 Å². The van der Waals surface area contributed by atoms with E-state index < -0.39 is 5.60 Å². The molecule has 0 saturated carbocycles. The van der Waals surface area contributed by atoms with Crippen LogP contribution in [0.5, 0.6) is 5.75 Å². The average molecular weight is 314 g/mol. The Balaban J connectivity index is 2.19. The largest absolute Gasteiger partial charge is 0.493 e. The highest BCUT2D eigenvalue weighted by Crippen LogP contribution is 2.34. The molecule has 0 spiro atoms. The summed E-state index contributed by atoms with van der Waals surface area (Å²) < 4.78 is 6.74. The number of hydrogen-bond acceptors (Lipinski definition) is 3. The van der Waals surface area contributed by atoms with Crippen LogP contribution < -0.4 is 10.1 Å². The van der Waals surface area contributed by atoms with Gasteiger partial charge in [0.15, 0.2) is 0 Å². The normalized spacial score (nSPS) is 17.1. The van der Waals surface area contributed by atoms with Crippen LogP contribution >= 0.6 is 15.9 Å². The molecule has 1 aromatic rings. The molecule has 1 aliphatic rings. The number of ether oxygens (including phenoxy) is 1. The predicted molar refractivity (Wildman–Crippen MR) is 76.2 cm³/mol. The Morgan fingerprint density at radius 3 is 3.00 bits per heavy atom. The summed E-state index contributed by atoms with van der Waals surface area (Å²) in [6.07, 6.45) is 1.55. The number of nitrogens with one attached hydrogen (secondary N) is 1. The van der Waals surface area contributed by atoms with Gasteiger partial charge in [-0.15, -0.1) is 0 Å². The first-order chi connectivity index (χ1) is 8.52. The van der Waals surface area contributed by atoms with Crippen LogP contribution in [0.25, 0.3) is 0 Å². The maximum atomic E-state index is 10.4. The van der Waals surface area contributed by atoms with Crippen molar-refractivity contribution in [3.8, 4) is 5.75 Å². The Hall–Kier alpha value is -0.580. The van der Waals surface area contributed by atoms with E-state index in [2.05, 4.69) is 27.3 Å². The molecule has 0 aliphatic carbocycles. The Bertz CT molecular complexity index is 432. The van der Waals surface area contributed by atoms with E-state index in [1.807, 2.05) is 19.9 Å². The molecule has 1 unspecified atom stereocenters. The van der Waals surface area contributed by atoms with Crippen LogP contribution in [0, 0.1) is 0 Å². The highest BCUT2D eigenvalue weighted by atomic mass is 79.9. The zero-order valence-electron chi connectivity index (χ0n) is 10.9. The van der Waals surface area contributed by atoms with Crippen LogP contribution in [0.3, 0.4) is 0 Å². The van der Waals surface area contributed by atoms with Gasteiger partial charge < -0.3 is 15.2 Å². The van der Waals surface area contributed by atoms with Crippen LogP contribution in [0.1, 0.15) is 25.0 Å². The Morgan fingerprint density at radius 1 is 1.50 bits per heavy atom. The number of benzene rings is 1. The van der Waals surface area contributed by atoms with E-state index in [1.165, 1.54) is 5.56 Å². The summed E-state index contributed by atoms with van der Waals surface area (Å²) in [5.74, 6) is 0.968. The van der Waals surface area contributed by atoms with Gasteiger partial charge in [0, 0.05) is 23.9 Å². The van der Waals surface area contributed by atoms with Crippen LogP contribution in [0.4, 0.5) is 0 Å². The van der Waals surface area contributed by atoms with Crippen LogP contribution in [-0.4, -0.2) is 30.4 Å². The summed E-state index contributed by atoms with van der Waals surface area (Å²) in [6.45, 7) is 6.09. The second kappa shape index (κ2) is 5.59. The molecule has 100 valence electrons. The molecule has 2 rings (SSSR count). The van der Waals surface area contributed by atoms with Gasteiger partial charge in [-0.2, -0.15) is 0 Å². The first-order valence-electron chi connectivity index (χ1n) is 6.39. The van der Waals surface area contributed by atoms with Gasteiger partial charge in [0.05, 0.1) is 12.2 Å². The number of rotatable bonds is 5. The third-order valence-electron chi connectivity index (χ3n) is 3.15. The van der Waals surface area contributed by atoms with Crippen molar-refractivity contribution in [2.75, 3.05) is 19.7 Å². The molecule has 0 saturated heterocycles. The monoisotopic (exact) mass is 313 g/mol. The van der Waals surface area contributed by atoms with Crippen molar-refractivity contribution in [1.82, 2.24) is 5.32 Å².